The molecule has 1 unspecified atom stereocenters. The lowest BCUT2D eigenvalue weighted by molar-refractivity contribution is 0.405. The number of aryl methyl sites for hydroxylation is 3. The van der Waals surface area contributed by atoms with Crippen molar-refractivity contribution in [2.45, 2.75) is 44.9 Å². The summed E-state index contributed by atoms with van der Waals surface area (Å²) in [7, 11) is 3.44. The summed E-state index contributed by atoms with van der Waals surface area (Å²) in [5.74, 6) is 2.11. The first-order chi connectivity index (χ1) is 15.6. The van der Waals surface area contributed by atoms with Gasteiger partial charge in [-0.25, -0.2) is 4.39 Å². The standard InChI is InChI=1S/C29H29FO2/c1-18-16-19(11-15-26(18)30)10-12-20-6-4-7-22-21(20)13-14-23-24-8-5-9-27(31-2)29(24)28(32-3)17-25(22)23/h5,8-9,11,13-17,20H,4,6-7,10,12H2,1-3H3. The van der Waals surface area contributed by atoms with E-state index in [0.29, 0.717) is 5.92 Å². The number of ether oxygens (including phenoxy) is 2. The fourth-order valence-corrected chi connectivity index (χ4v) is 5.47. The molecule has 0 aromatic heterocycles. The van der Waals surface area contributed by atoms with Gasteiger partial charge in [-0.3, -0.25) is 0 Å². The Morgan fingerprint density at radius 2 is 1.75 bits per heavy atom. The summed E-state index contributed by atoms with van der Waals surface area (Å²) in [6, 6.07) is 18.5. The molecule has 32 heavy (non-hydrogen) atoms. The second kappa shape index (κ2) is 8.46. The van der Waals surface area contributed by atoms with Gasteiger partial charge >= 0.3 is 0 Å². The molecule has 0 amide bonds. The van der Waals surface area contributed by atoms with Crippen LogP contribution in [0.5, 0.6) is 11.5 Å². The van der Waals surface area contributed by atoms with Crippen LogP contribution in [0.4, 0.5) is 4.39 Å². The van der Waals surface area contributed by atoms with E-state index in [0.717, 1.165) is 41.7 Å². The van der Waals surface area contributed by atoms with E-state index in [1.54, 1.807) is 20.3 Å². The topological polar surface area (TPSA) is 18.5 Å². The van der Waals surface area contributed by atoms with Gasteiger partial charge in [-0.05, 0) is 102 Å². The summed E-state index contributed by atoms with van der Waals surface area (Å²) in [5.41, 5.74) is 4.87. The predicted octanol–water partition coefficient (Wildman–Crippen LogP) is 7.51. The van der Waals surface area contributed by atoms with Crippen LogP contribution in [0, 0.1) is 12.7 Å². The first-order valence-corrected chi connectivity index (χ1v) is 11.4. The molecule has 1 atom stereocenters. The lowest BCUT2D eigenvalue weighted by Crippen LogP contribution is -2.11. The van der Waals surface area contributed by atoms with Gasteiger partial charge in [-0.1, -0.05) is 36.4 Å². The number of methoxy groups -OCH3 is 2. The first-order valence-electron chi connectivity index (χ1n) is 11.4. The van der Waals surface area contributed by atoms with Crippen LogP contribution < -0.4 is 9.47 Å². The van der Waals surface area contributed by atoms with Gasteiger partial charge in [-0.15, -0.1) is 0 Å². The van der Waals surface area contributed by atoms with Gasteiger partial charge < -0.3 is 9.47 Å². The normalized spacial score (nSPS) is 15.7. The fourth-order valence-electron chi connectivity index (χ4n) is 5.47. The summed E-state index contributed by atoms with van der Waals surface area (Å²) in [6.45, 7) is 1.84. The quantitative estimate of drug-likeness (QED) is 0.306. The van der Waals surface area contributed by atoms with Crippen molar-refractivity contribution in [1.82, 2.24) is 0 Å². The van der Waals surface area contributed by atoms with Gasteiger partial charge in [0.05, 0.1) is 19.6 Å². The monoisotopic (exact) mass is 428 g/mol. The Kier molecular flexibility index (Phi) is 5.50. The van der Waals surface area contributed by atoms with Crippen LogP contribution in [0.3, 0.4) is 0 Å². The van der Waals surface area contributed by atoms with Crippen molar-refractivity contribution >= 4 is 21.5 Å². The Bertz CT molecular complexity index is 1310. The van der Waals surface area contributed by atoms with E-state index in [1.807, 2.05) is 31.2 Å². The predicted molar refractivity (Wildman–Crippen MR) is 130 cm³/mol. The molecule has 0 N–H and O–H groups in total. The highest BCUT2D eigenvalue weighted by molar-refractivity contribution is 6.13. The maximum Gasteiger partial charge on any atom is 0.131 e. The molecule has 0 saturated carbocycles. The Morgan fingerprint density at radius 3 is 2.53 bits per heavy atom. The highest BCUT2D eigenvalue weighted by Gasteiger charge is 2.23. The molecular formula is C29H29FO2. The summed E-state index contributed by atoms with van der Waals surface area (Å²) < 4.78 is 25.1. The minimum Gasteiger partial charge on any atom is -0.496 e. The Labute approximate surface area is 189 Å². The molecule has 5 rings (SSSR count). The molecule has 0 fully saturated rings. The van der Waals surface area contributed by atoms with E-state index in [1.165, 1.54) is 45.7 Å². The van der Waals surface area contributed by atoms with E-state index in [-0.39, 0.29) is 5.82 Å². The van der Waals surface area contributed by atoms with Gasteiger partial charge in [-0.2, -0.15) is 0 Å². The van der Waals surface area contributed by atoms with Crippen molar-refractivity contribution in [3.63, 3.8) is 0 Å². The third kappa shape index (κ3) is 3.50. The summed E-state index contributed by atoms with van der Waals surface area (Å²) in [4.78, 5) is 0. The van der Waals surface area contributed by atoms with Crippen LogP contribution in [0.2, 0.25) is 0 Å². The Balaban J connectivity index is 1.57. The van der Waals surface area contributed by atoms with Crippen LogP contribution >= 0.6 is 0 Å². The maximum atomic E-state index is 13.6. The smallest absolute Gasteiger partial charge is 0.131 e. The van der Waals surface area contributed by atoms with E-state index in [2.05, 4.69) is 24.3 Å². The Hall–Kier alpha value is -3.07. The lowest BCUT2D eigenvalue weighted by Gasteiger charge is -2.27. The number of hydrogen-bond acceptors (Lipinski definition) is 2. The number of benzene rings is 4. The van der Waals surface area contributed by atoms with Crippen molar-refractivity contribution in [2.24, 2.45) is 0 Å². The molecule has 1 aliphatic rings. The average molecular weight is 429 g/mol. The van der Waals surface area contributed by atoms with Crippen molar-refractivity contribution in [3.05, 3.63) is 82.7 Å². The molecule has 0 heterocycles. The van der Waals surface area contributed by atoms with Gasteiger partial charge in [0.15, 0.2) is 0 Å². The zero-order valence-corrected chi connectivity index (χ0v) is 19.0. The molecule has 0 spiro atoms. The van der Waals surface area contributed by atoms with E-state index < -0.39 is 0 Å². The largest absolute Gasteiger partial charge is 0.496 e. The summed E-state index contributed by atoms with van der Waals surface area (Å²) in [6.07, 6.45) is 5.55. The molecule has 0 bridgehead atoms. The third-order valence-electron chi connectivity index (χ3n) is 7.09. The molecule has 4 aromatic carbocycles. The minimum atomic E-state index is -0.124. The van der Waals surface area contributed by atoms with Gasteiger partial charge in [0.25, 0.3) is 0 Å². The SMILES string of the molecule is COc1cccc2c1c(OC)cc1c3c(ccc12)C(CCc1ccc(F)c(C)c1)CCC3. The van der Waals surface area contributed by atoms with Crippen LogP contribution in [-0.4, -0.2) is 14.2 Å². The van der Waals surface area contributed by atoms with Gasteiger partial charge in [0.1, 0.15) is 17.3 Å². The molecule has 0 aliphatic heterocycles. The number of rotatable bonds is 5. The van der Waals surface area contributed by atoms with Crippen molar-refractivity contribution in [1.29, 1.82) is 0 Å². The Morgan fingerprint density at radius 1 is 0.906 bits per heavy atom. The molecule has 4 aromatic rings. The van der Waals surface area contributed by atoms with Crippen molar-refractivity contribution in [3.8, 4) is 11.5 Å². The zero-order chi connectivity index (χ0) is 22.2. The van der Waals surface area contributed by atoms with Crippen LogP contribution in [0.25, 0.3) is 21.5 Å². The van der Waals surface area contributed by atoms with E-state index in [4.69, 9.17) is 9.47 Å². The van der Waals surface area contributed by atoms with Crippen LogP contribution in [0.1, 0.15) is 47.4 Å². The van der Waals surface area contributed by atoms with E-state index in [9.17, 15) is 4.39 Å². The minimum absolute atomic E-state index is 0.124. The van der Waals surface area contributed by atoms with E-state index >= 15 is 0 Å². The summed E-state index contributed by atoms with van der Waals surface area (Å²) >= 11 is 0. The molecule has 3 heteroatoms. The molecule has 1 aliphatic carbocycles. The molecule has 0 radical (unpaired) electrons. The number of halogens is 1. The van der Waals surface area contributed by atoms with Crippen molar-refractivity contribution in [2.75, 3.05) is 14.2 Å². The highest BCUT2D eigenvalue weighted by Crippen LogP contribution is 2.44. The average Bonchev–Trinajstić information content (AvgIpc) is 2.83. The fraction of sp³-hybridized carbons (Fsp3) is 0.310. The molecule has 164 valence electrons. The van der Waals surface area contributed by atoms with Crippen LogP contribution in [0.15, 0.2) is 54.6 Å². The molecule has 2 nitrogen and oxygen atoms in total. The summed E-state index contributed by atoms with van der Waals surface area (Å²) in [5, 5.41) is 4.75. The third-order valence-corrected chi connectivity index (χ3v) is 7.09. The first kappa shape index (κ1) is 20.8. The number of hydrogen-bond donors (Lipinski definition) is 0. The van der Waals surface area contributed by atoms with Gasteiger partial charge in [0.2, 0.25) is 0 Å². The highest BCUT2D eigenvalue weighted by atomic mass is 19.1. The van der Waals surface area contributed by atoms with Gasteiger partial charge in [0, 0.05) is 0 Å². The zero-order valence-electron chi connectivity index (χ0n) is 19.0. The second-order valence-electron chi connectivity index (χ2n) is 8.90. The lowest BCUT2D eigenvalue weighted by atomic mass is 9.77. The molecular weight excluding hydrogens is 399 g/mol. The molecule has 0 saturated heterocycles. The second-order valence-corrected chi connectivity index (χ2v) is 8.90. The number of fused-ring (bicyclic) bond motifs is 5. The maximum absolute atomic E-state index is 13.6. The van der Waals surface area contributed by atoms with Crippen LogP contribution in [-0.2, 0) is 12.8 Å². The van der Waals surface area contributed by atoms with Crippen molar-refractivity contribution < 1.29 is 13.9 Å².